The van der Waals surface area contributed by atoms with Gasteiger partial charge in [0, 0.05) is 13.7 Å². The molecule has 0 aliphatic heterocycles. The van der Waals surface area contributed by atoms with E-state index < -0.39 is 0 Å². The van der Waals surface area contributed by atoms with Crippen molar-refractivity contribution >= 4 is 5.91 Å². The van der Waals surface area contributed by atoms with Gasteiger partial charge in [-0.05, 0) is 42.3 Å². The molecule has 0 bridgehead atoms. The van der Waals surface area contributed by atoms with Crippen LogP contribution < -0.4 is 10.1 Å². The predicted molar refractivity (Wildman–Crippen MR) is 82.8 cm³/mol. The van der Waals surface area contributed by atoms with E-state index in [1.54, 1.807) is 19.2 Å². The summed E-state index contributed by atoms with van der Waals surface area (Å²) in [6.07, 6.45) is 0. The highest BCUT2D eigenvalue weighted by Gasteiger charge is 2.12. The molecule has 2 aromatic rings. The first kappa shape index (κ1) is 17.0. The van der Waals surface area contributed by atoms with E-state index in [0.717, 1.165) is 0 Å². The number of rotatable bonds is 8. The van der Waals surface area contributed by atoms with Crippen LogP contribution in [0.5, 0.6) is 5.75 Å². The fourth-order valence-electron chi connectivity index (χ4n) is 1.96. The van der Waals surface area contributed by atoms with Crippen molar-refractivity contribution in [1.29, 1.82) is 0 Å². The number of amides is 1. The van der Waals surface area contributed by atoms with E-state index in [4.69, 9.17) is 13.9 Å². The van der Waals surface area contributed by atoms with Gasteiger partial charge in [-0.2, -0.15) is 0 Å². The third-order valence-corrected chi connectivity index (χ3v) is 3.14. The third kappa shape index (κ3) is 5.41. The van der Waals surface area contributed by atoms with Crippen molar-refractivity contribution in [3.05, 3.63) is 53.7 Å². The maximum Gasteiger partial charge on any atom is 0.287 e. The molecule has 6 heteroatoms. The Morgan fingerprint density at radius 3 is 2.70 bits per heavy atom. The van der Waals surface area contributed by atoms with Gasteiger partial charge in [-0.15, -0.1) is 0 Å². The number of halogens is 1. The van der Waals surface area contributed by atoms with Gasteiger partial charge in [-0.25, -0.2) is 4.39 Å². The lowest BCUT2D eigenvalue weighted by Crippen LogP contribution is -2.29. The van der Waals surface area contributed by atoms with Crippen LogP contribution in [0.25, 0.3) is 0 Å². The molecular formula is C17H20FNO4. The maximum absolute atomic E-state index is 12.8. The van der Waals surface area contributed by atoms with Gasteiger partial charge in [0.15, 0.2) is 5.76 Å². The number of benzene rings is 1. The van der Waals surface area contributed by atoms with Crippen LogP contribution in [0.2, 0.25) is 0 Å². The molecule has 0 spiro atoms. The lowest BCUT2D eigenvalue weighted by atomic mass is 10.2. The normalized spacial score (nSPS) is 12.0. The lowest BCUT2D eigenvalue weighted by Gasteiger charge is -2.10. The Labute approximate surface area is 134 Å². The molecule has 1 aromatic carbocycles. The van der Waals surface area contributed by atoms with Gasteiger partial charge < -0.3 is 19.2 Å². The molecule has 0 aliphatic rings. The number of hydrogen-bond acceptors (Lipinski definition) is 4. The summed E-state index contributed by atoms with van der Waals surface area (Å²) in [5, 5.41) is 2.78. The van der Waals surface area contributed by atoms with Crippen LogP contribution in [0.15, 0.2) is 40.8 Å². The topological polar surface area (TPSA) is 60.7 Å². The lowest BCUT2D eigenvalue weighted by molar-refractivity contribution is 0.0902. The summed E-state index contributed by atoms with van der Waals surface area (Å²) < 4.78 is 28.7. The van der Waals surface area contributed by atoms with Crippen LogP contribution in [-0.4, -0.2) is 26.2 Å². The Balaban J connectivity index is 1.82. The molecule has 0 saturated heterocycles. The van der Waals surface area contributed by atoms with Crippen LogP contribution in [0.3, 0.4) is 0 Å². The molecule has 23 heavy (non-hydrogen) atoms. The molecule has 1 heterocycles. The Bertz CT molecular complexity index is 624. The number of hydrogen-bond donors (Lipinski definition) is 1. The zero-order valence-corrected chi connectivity index (χ0v) is 13.2. The molecule has 1 N–H and O–H groups in total. The van der Waals surface area contributed by atoms with E-state index in [0.29, 0.717) is 24.7 Å². The van der Waals surface area contributed by atoms with Crippen LogP contribution in [0.4, 0.5) is 4.39 Å². The van der Waals surface area contributed by atoms with Crippen molar-refractivity contribution in [3.63, 3.8) is 0 Å². The van der Waals surface area contributed by atoms with Gasteiger partial charge in [-0.1, -0.05) is 6.92 Å². The smallest absolute Gasteiger partial charge is 0.287 e. The van der Waals surface area contributed by atoms with Gasteiger partial charge in [0.25, 0.3) is 5.91 Å². The number of ether oxygens (including phenoxy) is 2. The molecule has 0 fully saturated rings. The van der Waals surface area contributed by atoms with E-state index in [-0.39, 0.29) is 30.0 Å². The number of carbonyl (C=O) groups excluding carboxylic acids is 1. The first-order valence-electron chi connectivity index (χ1n) is 7.32. The summed E-state index contributed by atoms with van der Waals surface area (Å²) in [6, 6.07) is 8.97. The SMILES string of the molecule is COCC(C)CNC(=O)c1ccc(COc2ccc(F)cc2)o1. The minimum absolute atomic E-state index is 0.166. The fourth-order valence-corrected chi connectivity index (χ4v) is 1.96. The van der Waals surface area contributed by atoms with Crippen molar-refractivity contribution in [2.75, 3.05) is 20.3 Å². The molecule has 1 aromatic heterocycles. The molecule has 0 saturated carbocycles. The molecule has 2 rings (SSSR count). The summed E-state index contributed by atoms with van der Waals surface area (Å²) in [4.78, 5) is 12.0. The van der Waals surface area contributed by atoms with Crippen LogP contribution >= 0.6 is 0 Å². The van der Waals surface area contributed by atoms with Gasteiger partial charge >= 0.3 is 0 Å². The maximum atomic E-state index is 12.8. The average molecular weight is 321 g/mol. The molecule has 5 nitrogen and oxygen atoms in total. The summed E-state index contributed by atoms with van der Waals surface area (Å²) >= 11 is 0. The highest BCUT2D eigenvalue weighted by Crippen LogP contribution is 2.15. The van der Waals surface area contributed by atoms with E-state index in [2.05, 4.69) is 5.32 Å². The number of carbonyl (C=O) groups is 1. The molecule has 1 unspecified atom stereocenters. The van der Waals surface area contributed by atoms with Crippen molar-refractivity contribution in [2.45, 2.75) is 13.5 Å². The monoisotopic (exact) mass is 321 g/mol. The molecule has 124 valence electrons. The molecule has 1 amide bonds. The first-order chi connectivity index (χ1) is 11.1. The minimum Gasteiger partial charge on any atom is -0.486 e. The van der Waals surface area contributed by atoms with E-state index in [1.165, 1.54) is 24.3 Å². The van der Waals surface area contributed by atoms with Crippen molar-refractivity contribution < 1.29 is 23.1 Å². The Morgan fingerprint density at radius 1 is 1.26 bits per heavy atom. The Hall–Kier alpha value is -2.34. The summed E-state index contributed by atoms with van der Waals surface area (Å²) in [5.41, 5.74) is 0. The number of methoxy groups -OCH3 is 1. The van der Waals surface area contributed by atoms with Crippen LogP contribution in [0.1, 0.15) is 23.2 Å². The standard InChI is InChI=1S/C17H20FNO4/c1-12(10-21-2)9-19-17(20)16-8-7-15(23-16)11-22-14-5-3-13(18)4-6-14/h3-8,12H,9-11H2,1-2H3,(H,19,20). The predicted octanol–water partition coefficient (Wildman–Crippen LogP) is 3.01. The van der Waals surface area contributed by atoms with Crippen LogP contribution in [-0.2, 0) is 11.3 Å². The largest absolute Gasteiger partial charge is 0.486 e. The Kier molecular flexibility index (Phi) is 6.17. The molecule has 1 atom stereocenters. The molecule has 0 aliphatic carbocycles. The summed E-state index contributed by atoms with van der Waals surface area (Å²) in [6.45, 7) is 3.23. The van der Waals surface area contributed by atoms with E-state index >= 15 is 0 Å². The molecular weight excluding hydrogens is 301 g/mol. The minimum atomic E-state index is -0.322. The fraction of sp³-hybridized carbons (Fsp3) is 0.353. The third-order valence-electron chi connectivity index (χ3n) is 3.14. The highest BCUT2D eigenvalue weighted by atomic mass is 19.1. The molecule has 0 radical (unpaired) electrons. The zero-order chi connectivity index (χ0) is 16.7. The summed E-state index contributed by atoms with van der Waals surface area (Å²) in [7, 11) is 1.62. The number of furan rings is 1. The van der Waals surface area contributed by atoms with Gasteiger partial charge in [0.2, 0.25) is 0 Å². The van der Waals surface area contributed by atoms with E-state index in [1.807, 2.05) is 6.92 Å². The Morgan fingerprint density at radius 2 is 2.00 bits per heavy atom. The first-order valence-corrected chi connectivity index (χ1v) is 7.32. The second-order valence-corrected chi connectivity index (χ2v) is 5.28. The van der Waals surface area contributed by atoms with Crippen molar-refractivity contribution in [1.82, 2.24) is 5.32 Å². The second-order valence-electron chi connectivity index (χ2n) is 5.28. The van der Waals surface area contributed by atoms with Gasteiger partial charge in [0.1, 0.15) is 23.9 Å². The average Bonchev–Trinajstić information content (AvgIpc) is 3.01. The van der Waals surface area contributed by atoms with Crippen molar-refractivity contribution in [2.24, 2.45) is 5.92 Å². The van der Waals surface area contributed by atoms with Gasteiger partial charge in [0.05, 0.1) is 6.61 Å². The van der Waals surface area contributed by atoms with Crippen molar-refractivity contribution in [3.8, 4) is 5.75 Å². The number of nitrogens with one attached hydrogen (secondary N) is 1. The zero-order valence-electron chi connectivity index (χ0n) is 13.2. The van der Waals surface area contributed by atoms with Crippen LogP contribution in [0, 0.1) is 11.7 Å². The highest BCUT2D eigenvalue weighted by molar-refractivity contribution is 5.91. The van der Waals surface area contributed by atoms with E-state index in [9.17, 15) is 9.18 Å². The van der Waals surface area contributed by atoms with Gasteiger partial charge in [-0.3, -0.25) is 4.79 Å². The second kappa shape index (κ2) is 8.33. The quantitative estimate of drug-likeness (QED) is 0.812. The summed E-state index contributed by atoms with van der Waals surface area (Å²) in [5.74, 6) is 0.900.